The number of hydrogen-bond donors (Lipinski definition) is 0. The Balaban J connectivity index is 1.24. The van der Waals surface area contributed by atoms with E-state index in [0.29, 0.717) is 28.4 Å². The van der Waals surface area contributed by atoms with Crippen LogP contribution >= 0.6 is 12.2 Å². The lowest BCUT2D eigenvalue weighted by molar-refractivity contribution is -0.0765. The Kier molecular flexibility index (Phi) is 6.33. The molecule has 0 unspecified atom stereocenters. The van der Waals surface area contributed by atoms with Gasteiger partial charge in [0.1, 0.15) is 11.6 Å². The van der Waals surface area contributed by atoms with Gasteiger partial charge < -0.3 is 19.0 Å². The normalized spacial score (nSPS) is 21.6. The molecule has 3 aliphatic heterocycles. The molecule has 6 rings (SSSR count). The van der Waals surface area contributed by atoms with E-state index in [1.165, 1.54) is 30.3 Å². The molecule has 2 bridgehead atoms. The molecular formula is C25H23F4N5O2S. The number of likely N-dealkylation sites (tertiary alicyclic amines) is 2. The SMILES string of the molecule is Fc1ccc(N(Cc2ccc(-c3nnc(C(F)F)o3)cc2F)C(=S)N2C[C@@H]3C[C@H]2CN3C2COC2)cc1. The maximum atomic E-state index is 15.2. The van der Waals surface area contributed by atoms with Gasteiger partial charge in [-0.15, -0.1) is 10.2 Å². The number of ether oxygens (including phenoxy) is 1. The maximum absolute atomic E-state index is 15.2. The lowest BCUT2D eigenvalue weighted by Gasteiger charge is -2.44. The number of alkyl halides is 2. The van der Waals surface area contributed by atoms with E-state index in [2.05, 4.69) is 20.0 Å². The monoisotopic (exact) mass is 533 g/mol. The topological polar surface area (TPSA) is 57.9 Å². The Labute approximate surface area is 215 Å². The van der Waals surface area contributed by atoms with Crippen molar-refractivity contribution in [1.29, 1.82) is 0 Å². The van der Waals surface area contributed by atoms with Gasteiger partial charge in [-0.05, 0) is 55.0 Å². The van der Waals surface area contributed by atoms with Crippen molar-refractivity contribution in [2.45, 2.75) is 37.5 Å². The number of thiocarbonyl (C=S) groups is 1. The van der Waals surface area contributed by atoms with Crippen LogP contribution in [0.5, 0.6) is 0 Å². The summed E-state index contributed by atoms with van der Waals surface area (Å²) >= 11 is 5.92. The first-order valence-corrected chi connectivity index (χ1v) is 12.4. The zero-order chi connectivity index (χ0) is 25.7. The molecular weight excluding hydrogens is 510 g/mol. The van der Waals surface area contributed by atoms with Gasteiger partial charge in [0.2, 0.25) is 5.89 Å². The van der Waals surface area contributed by atoms with Gasteiger partial charge in [0.25, 0.3) is 5.89 Å². The number of rotatable bonds is 6. The first-order valence-electron chi connectivity index (χ1n) is 11.9. The van der Waals surface area contributed by atoms with E-state index in [1.54, 1.807) is 17.0 Å². The van der Waals surface area contributed by atoms with Crippen molar-refractivity contribution >= 4 is 23.0 Å². The van der Waals surface area contributed by atoms with Crippen molar-refractivity contribution in [1.82, 2.24) is 20.0 Å². The summed E-state index contributed by atoms with van der Waals surface area (Å²) in [7, 11) is 0. The standard InChI is InChI=1S/C25H23F4N5O2S/c26-16-3-5-17(6-4-16)33(25(37)34-11-18-8-19(34)10-32(18)20-12-35-13-20)9-15-2-1-14(7-21(15)27)23-30-31-24(36-23)22(28)29/h1-7,18-20,22H,8-13H2/t18-,19-/m0/s1. The van der Waals surface area contributed by atoms with E-state index >= 15 is 4.39 Å². The molecule has 37 heavy (non-hydrogen) atoms. The average Bonchev–Trinajstić information content (AvgIpc) is 3.59. The van der Waals surface area contributed by atoms with Crippen LogP contribution in [-0.4, -0.2) is 69.5 Å². The fourth-order valence-corrected chi connectivity index (χ4v) is 5.65. The molecule has 3 fully saturated rings. The van der Waals surface area contributed by atoms with Crippen molar-refractivity contribution in [3.63, 3.8) is 0 Å². The fourth-order valence-electron chi connectivity index (χ4n) is 5.26. The summed E-state index contributed by atoms with van der Waals surface area (Å²) in [6, 6.07) is 11.2. The van der Waals surface area contributed by atoms with Gasteiger partial charge in [0, 0.05) is 42.0 Å². The molecule has 2 atom stereocenters. The third-order valence-corrected chi connectivity index (χ3v) is 7.70. The smallest absolute Gasteiger partial charge is 0.314 e. The average molecular weight is 534 g/mol. The number of hydrogen-bond acceptors (Lipinski definition) is 6. The minimum atomic E-state index is -2.91. The third kappa shape index (κ3) is 4.57. The Morgan fingerprint density at radius 1 is 1.03 bits per heavy atom. The Hall–Kier alpha value is -3.09. The van der Waals surface area contributed by atoms with E-state index in [4.69, 9.17) is 21.4 Å². The van der Waals surface area contributed by atoms with Crippen molar-refractivity contribution in [3.8, 4) is 11.5 Å². The predicted octanol–water partition coefficient (Wildman–Crippen LogP) is 4.40. The molecule has 0 radical (unpaired) electrons. The van der Waals surface area contributed by atoms with Crippen LogP contribution in [0.2, 0.25) is 0 Å². The first kappa shape index (κ1) is 24.3. The molecule has 7 nitrogen and oxygen atoms in total. The molecule has 12 heteroatoms. The number of benzene rings is 2. The van der Waals surface area contributed by atoms with E-state index in [-0.39, 0.29) is 29.9 Å². The minimum absolute atomic E-state index is 0.0940. The highest BCUT2D eigenvalue weighted by Crippen LogP contribution is 2.36. The van der Waals surface area contributed by atoms with E-state index in [9.17, 15) is 13.2 Å². The summed E-state index contributed by atoms with van der Waals surface area (Å²) in [5.41, 5.74) is 1.15. The van der Waals surface area contributed by atoms with Gasteiger partial charge in [0.05, 0.1) is 25.8 Å². The van der Waals surface area contributed by atoms with Gasteiger partial charge in [0.15, 0.2) is 5.11 Å². The molecule has 4 heterocycles. The second kappa shape index (κ2) is 9.66. The highest BCUT2D eigenvalue weighted by molar-refractivity contribution is 7.80. The van der Waals surface area contributed by atoms with Crippen LogP contribution in [0.4, 0.5) is 23.2 Å². The number of nitrogens with zero attached hydrogens (tertiary/aromatic N) is 5. The fraction of sp³-hybridized carbons (Fsp3) is 0.400. The summed E-state index contributed by atoms with van der Waals surface area (Å²) in [6.07, 6.45) is -1.91. The molecule has 0 amide bonds. The summed E-state index contributed by atoms with van der Waals surface area (Å²) in [6.45, 7) is 3.28. The van der Waals surface area contributed by atoms with Crippen LogP contribution in [0.3, 0.4) is 0 Å². The quantitative estimate of drug-likeness (QED) is 0.342. The van der Waals surface area contributed by atoms with Crippen LogP contribution in [0, 0.1) is 11.6 Å². The zero-order valence-electron chi connectivity index (χ0n) is 19.6. The third-order valence-electron chi connectivity index (χ3n) is 7.24. The van der Waals surface area contributed by atoms with Crippen molar-refractivity contribution in [2.75, 3.05) is 31.2 Å². The number of anilines is 1. The van der Waals surface area contributed by atoms with E-state index in [0.717, 1.165) is 32.7 Å². The van der Waals surface area contributed by atoms with Crippen LogP contribution in [-0.2, 0) is 11.3 Å². The van der Waals surface area contributed by atoms with Gasteiger partial charge in [-0.25, -0.2) is 8.78 Å². The van der Waals surface area contributed by atoms with Crippen molar-refractivity contribution in [3.05, 3.63) is 65.6 Å². The number of fused-ring (bicyclic) bond motifs is 2. The molecule has 2 aromatic carbocycles. The van der Waals surface area contributed by atoms with Gasteiger partial charge >= 0.3 is 6.43 Å². The van der Waals surface area contributed by atoms with Crippen LogP contribution < -0.4 is 4.90 Å². The van der Waals surface area contributed by atoms with Crippen LogP contribution in [0.15, 0.2) is 46.9 Å². The van der Waals surface area contributed by atoms with Gasteiger partial charge in [-0.2, -0.15) is 8.78 Å². The predicted molar refractivity (Wildman–Crippen MR) is 130 cm³/mol. The number of halogens is 4. The van der Waals surface area contributed by atoms with E-state index < -0.39 is 18.1 Å². The molecule has 0 saturated carbocycles. The lowest BCUT2D eigenvalue weighted by Crippen LogP contribution is -2.59. The Morgan fingerprint density at radius 2 is 1.81 bits per heavy atom. The first-order chi connectivity index (χ1) is 17.9. The lowest BCUT2D eigenvalue weighted by atomic mass is 10.1. The molecule has 3 aliphatic rings. The molecule has 3 saturated heterocycles. The minimum Gasteiger partial charge on any atom is -0.415 e. The summed E-state index contributed by atoms with van der Waals surface area (Å²) < 4.78 is 64.8. The summed E-state index contributed by atoms with van der Waals surface area (Å²) in [5.74, 6) is -1.98. The second-order valence-corrected chi connectivity index (χ2v) is 9.85. The maximum Gasteiger partial charge on any atom is 0.314 e. The summed E-state index contributed by atoms with van der Waals surface area (Å²) in [5, 5.41) is 7.41. The van der Waals surface area contributed by atoms with E-state index in [1.807, 2.05) is 0 Å². The number of aromatic nitrogens is 2. The van der Waals surface area contributed by atoms with Crippen molar-refractivity contribution in [2.24, 2.45) is 0 Å². The molecule has 3 aromatic rings. The molecule has 194 valence electrons. The largest absolute Gasteiger partial charge is 0.415 e. The molecule has 0 N–H and O–H groups in total. The summed E-state index contributed by atoms with van der Waals surface area (Å²) in [4.78, 5) is 6.47. The Bertz CT molecular complexity index is 1300. The molecule has 1 aromatic heterocycles. The zero-order valence-corrected chi connectivity index (χ0v) is 20.4. The molecule has 0 spiro atoms. The van der Waals surface area contributed by atoms with Crippen molar-refractivity contribution < 1.29 is 26.7 Å². The molecule has 0 aliphatic carbocycles. The van der Waals surface area contributed by atoms with Gasteiger partial charge in [-0.3, -0.25) is 4.90 Å². The highest BCUT2D eigenvalue weighted by Gasteiger charge is 2.48. The number of piperazine rings is 1. The highest BCUT2D eigenvalue weighted by atomic mass is 32.1. The Morgan fingerprint density at radius 3 is 2.41 bits per heavy atom. The van der Waals surface area contributed by atoms with Crippen LogP contribution in [0.25, 0.3) is 11.5 Å². The van der Waals surface area contributed by atoms with Gasteiger partial charge in [-0.1, -0.05) is 6.07 Å². The van der Waals surface area contributed by atoms with Crippen LogP contribution in [0.1, 0.15) is 24.3 Å². The second-order valence-electron chi connectivity index (χ2n) is 9.48.